The van der Waals surface area contributed by atoms with Gasteiger partial charge in [0.1, 0.15) is 0 Å². The van der Waals surface area contributed by atoms with Crippen molar-refractivity contribution in [2.75, 3.05) is 5.73 Å². The molecular formula is C12H13NO2. The number of carboxylic acids is 1. The zero-order chi connectivity index (χ0) is 11.3. The highest BCUT2D eigenvalue weighted by molar-refractivity contribution is 5.80. The molecule has 3 nitrogen and oxygen atoms in total. The van der Waals surface area contributed by atoms with Gasteiger partial charge in [0.25, 0.3) is 0 Å². The van der Waals surface area contributed by atoms with Gasteiger partial charge in [-0.15, -0.1) is 0 Å². The van der Waals surface area contributed by atoms with Crippen LogP contribution in [0.2, 0.25) is 0 Å². The van der Waals surface area contributed by atoms with E-state index in [9.17, 15) is 4.79 Å². The normalized spacial score (nSPS) is 11.9. The highest BCUT2D eigenvalue weighted by atomic mass is 16.4. The van der Waals surface area contributed by atoms with Gasteiger partial charge in [-0.3, -0.25) is 0 Å². The SMILES string of the molecule is CC(C=CC(=O)O)=Cc1ccc(N)cc1. The van der Waals surface area contributed by atoms with E-state index in [-0.39, 0.29) is 0 Å². The van der Waals surface area contributed by atoms with Gasteiger partial charge in [-0.1, -0.05) is 29.9 Å². The van der Waals surface area contributed by atoms with E-state index in [4.69, 9.17) is 10.8 Å². The summed E-state index contributed by atoms with van der Waals surface area (Å²) in [7, 11) is 0. The van der Waals surface area contributed by atoms with Crippen LogP contribution in [-0.2, 0) is 4.79 Å². The number of aliphatic carboxylic acids is 1. The maximum atomic E-state index is 10.3. The van der Waals surface area contributed by atoms with Crippen LogP contribution >= 0.6 is 0 Å². The Labute approximate surface area is 88.5 Å². The number of benzene rings is 1. The molecule has 0 atom stereocenters. The third kappa shape index (κ3) is 4.13. The predicted molar refractivity (Wildman–Crippen MR) is 61.3 cm³/mol. The van der Waals surface area contributed by atoms with E-state index >= 15 is 0 Å². The average Bonchev–Trinajstić information content (AvgIpc) is 2.19. The van der Waals surface area contributed by atoms with E-state index in [1.165, 1.54) is 0 Å². The second-order valence-corrected chi connectivity index (χ2v) is 3.23. The second kappa shape index (κ2) is 5.00. The molecule has 0 aliphatic heterocycles. The van der Waals surface area contributed by atoms with Crippen LogP contribution in [0.15, 0.2) is 42.0 Å². The lowest BCUT2D eigenvalue weighted by molar-refractivity contribution is -0.131. The Morgan fingerprint density at radius 1 is 1.27 bits per heavy atom. The maximum absolute atomic E-state index is 10.3. The second-order valence-electron chi connectivity index (χ2n) is 3.23. The van der Waals surface area contributed by atoms with Crippen molar-refractivity contribution in [1.82, 2.24) is 0 Å². The number of nitrogens with two attached hydrogens (primary N) is 1. The van der Waals surface area contributed by atoms with Crippen LogP contribution < -0.4 is 5.73 Å². The van der Waals surface area contributed by atoms with Crippen LogP contribution in [0.1, 0.15) is 12.5 Å². The van der Waals surface area contributed by atoms with Crippen LogP contribution in [0.25, 0.3) is 6.08 Å². The Kier molecular flexibility index (Phi) is 3.68. The van der Waals surface area contributed by atoms with Crippen molar-refractivity contribution in [3.63, 3.8) is 0 Å². The van der Waals surface area contributed by atoms with Gasteiger partial charge < -0.3 is 10.8 Å². The van der Waals surface area contributed by atoms with Gasteiger partial charge >= 0.3 is 5.97 Å². The van der Waals surface area contributed by atoms with Gasteiger partial charge in [-0.05, 0) is 24.6 Å². The van der Waals surface area contributed by atoms with E-state index < -0.39 is 5.97 Å². The number of allylic oxidation sites excluding steroid dienone is 2. The Bertz CT molecular complexity index is 402. The van der Waals surface area contributed by atoms with Gasteiger partial charge in [0.05, 0.1) is 0 Å². The molecule has 1 rings (SSSR count). The van der Waals surface area contributed by atoms with Crippen molar-refractivity contribution < 1.29 is 9.90 Å². The summed E-state index contributed by atoms with van der Waals surface area (Å²) in [5.41, 5.74) is 8.13. The molecule has 0 aromatic heterocycles. The molecule has 0 fully saturated rings. The highest BCUT2D eigenvalue weighted by Crippen LogP contribution is 2.10. The third-order valence-electron chi connectivity index (χ3n) is 1.82. The number of hydrogen-bond acceptors (Lipinski definition) is 2. The number of nitrogen functional groups attached to an aromatic ring is 1. The summed E-state index contributed by atoms with van der Waals surface area (Å²) in [6.45, 7) is 1.84. The smallest absolute Gasteiger partial charge is 0.328 e. The summed E-state index contributed by atoms with van der Waals surface area (Å²) >= 11 is 0. The first-order valence-electron chi connectivity index (χ1n) is 4.53. The molecule has 1 aromatic rings. The summed E-state index contributed by atoms with van der Waals surface area (Å²) in [5, 5.41) is 8.43. The van der Waals surface area contributed by atoms with E-state index in [2.05, 4.69) is 0 Å². The minimum atomic E-state index is -0.944. The monoisotopic (exact) mass is 203 g/mol. The Morgan fingerprint density at radius 2 is 1.87 bits per heavy atom. The minimum absolute atomic E-state index is 0.714. The van der Waals surface area contributed by atoms with Crippen LogP contribution in [-0.4, -0.2) is 11.1 Å². The molecule has 0 saturated carbocycles. The standard InChI is InChI=1S/C12H13NO2/c1-9(2-7-12(14)15)8-10-3-5-11(13)6-4-10/h2-8H,13H2,1H3,(H,14,15). The molecule has 3 heteroatoms. The van der Waals surface area contributed by atoms with Crippen molar-refractivity contribution in [2.24, 2.45) is 0 Å². The van der Waals surface area contributed by atoms with Crippen LogP contribution in [0.5, 0.6) is 0 Å². The van der Waals surface area contributed by atoms with Gasteiger partial charge in [0, 0.05) is 11.8 Å². The Hall–Kier alpha value is -2.03. The van der Waals surface area contributed by atoms with Gasteiger partial charge in [0.2, 0.25) is 0 Å². The van der Waals surface area contributed by atoms with Crippen molar-refractivity contribution >= 4 is 17.7 Å². The molecule has 78 valence electrons. The van der Waals surface area contributed by atoms with Crippen molar-refractivity contribution in [3.8, 4) is 0 Å². The number of carbonyl (C=O) groups is 1. The average molecular weight is 203 g/mol. The third-order valence-corrected chi connectivity index (χ3v) is 1.82. The molecule has 3 N–H and O–H groups in total. The molecule has 0 heterocycles. The predicted octanol–water partition coefficient (Wildman–Crippen LogP) is 2.31. The van der Waals surface area contributed by atoms with Crippen molar-refractivity contribution in [2.45, 2.75) is 6.92 Å². The summed E-state index contributed by atoms with van der Waals surface area (Å²) in [5.74, 6) is -0.944. The minimum Gasteiger partial charge on any atom is -0.478 e. The van der Waals surface area contributed by atoms with E-state index in [1.807, 2.05) is 25.1 Å². The summed E-state index contributed by atoms with van der Waals surface area (Å²) < 4.78 is 0. The van der Waals surface area contributed by atoms with Gasteiger partial charge in [0.15, 0.2) is 0 Å². The fraction of sp³-hybridized carbons (Fsp3) is 0.0833. The molecule has 0 aliphatic rings. The number of anilines is 1. The van der Waals surface area contributed by atoms with E-state index in [0.29, 0.717) is 5.69 Å². The Balaban J connectivity index is 2.78. The zero-order valence-corrected chi connectivity index (χ0v) is 8.47. The summed E-state index contributed by atoms with van der Waals surface area (Å²) in [6.07, 6.45) is 4.56. The molecule has 0 spiro atoms. The lowest BCUT2D eigenvalue weighted by Crippen LogP contribution is -1.86. The number of hydrogen-bond donors (Lipinski definition) is 2. The molecule has 0 saturated heterocycles. The van der Waals surface area contributed by atoms with Gasteiger partial charge in [-0.2, -0.15) is 0 Å². The first kappa shape index (κ1) is 11.0. The fourth-order valence-electron chi connectivity index (χ4n) is 1.11. The molecular weight excluding hydrogens is 190 g/mol. The molecule has 0 radical (unpaired) electrons. The van der Waals surface area contributed by atoms with Crippen molar-refractivity contribution in [1.29, 1.82) is 0 Å². The van der Waals surface area contributed by atoms with Crippen LogP contribution in [0, 0.1) is 0 Å². The highest BCUT2D eigenvalue weighted by Gasteiger charge is 1.90. The quantitative estimate of drug-likeness (QED) is 0.450. The molecule has 0 unspecified atom stereocenters. The largest absolute Gasteiger partial charge is 0.478 e. The fourth-order valence-corrected chi connectivity index (χ4v) is 1.11. The lowest BCUT2D eigenvalue weighted by atomic mass is 10.1. The topological polar surface area (TPSA) is 63.3 Å². The molecule has 0 aliphatic carbocycles. The van der Waals surface area contributed by atoms with Crippen LogP contribution in [0.4, 0.5) is 5.69 Å². The molecule has 0 bridgehead atoms. The number of carboxylic acid groups (broad SMARTS) is 1. The van der Waals surface area contributed by atoms with E-state index in [1.54, 1.807) is 18.2 Å². The summed E-state index contributed by atoms with van der Waals surface area (Å²) in [4.78, 5) is 10.3. The zero-order valence-electron chi connectivity index (χ0n) is 8.47. The van der Waals surface area contributed by atoms with Crippen molar-refractivity contribution in [3.05, 3.63) is 47.6 Å². The molecule has 0 amide bonds. The molecule has 1 aromatic carbocycles. The van der Waals surface area contributed by atoms with Gasteiger partial charge in [-0.25, -0.2) is 4.79 Å². The first-order chi connectivity index (χ1) is 7.08. The van der Waals surface area contributed by atoms with E-state index in [0.717, 1.165) is 17.2 Å². The maximum Gasteiger partial charge on any atom is 0.328 e. The van der Waals surface area contributed by atoms with Crippen LogP contribution in [0.3, 0.4) is 0 Å². The lowest BCUT2D eigenvalue weighted by Gasteiger charge is -1.96. The first-order valence-corrected chi connectivity index (χ1v) is 4.53. The molecule has 15 heavy (non-hydrogen) atoms. The Morgan fingerprint density at radius 3 is 2.40 bits per heavy atom. The summed E-state index contributed by atoms with van der Waals surface area (Å²) in [6, 6.07) is 7.38. The number of rotatable bonds is 3.